The Labute approximate surface area is 116 Å². The molecule has 20 heavy (non-hydrogen) atoms. The van der Waals surface area contributed by atoms with Gasteiger partial charge in [0.25, 0.3) is 0 Å². The highest BCUT2D eigenvalue weighted by molar-refractivity contribution is 5.96. The van der Waals surface area contributed by atoms with Crippen LogP contribution in [0.2, 0.25) is 0 Å². The number of nitrogens with two attached hydrogens (primary N) is 2. The van der Waals surface area contributed by atoms with E-state index in [0.29, 0.717) is 6.42 Å². The number of hydrogen-bond donors (Lipinski definition) is 3. The van der Waals surface area contributed by atoms with Crippen molar-refractivity contribution in [2.45, 2.75) is 50.3 Å². The maximum absolute atomic E-state index is 12.4. The standard InChI is InChI=1S/C13H20N2O5/c1-8(14)12(19)20-13(5-3-2-4-6-13)11(18)9(15)7-10(16)17/h2-3,8-9H,4-7,14-15H2,1H3,(H,16,17)/t8-,9-,13?/m0/s1. The molecule has 0 heterocycles. The Kier molecular flexibility index (Phi) is 5.41. The topological polar surface area (TPSA) is 133 Å². The Morgan fingerprint density at radius 2 is 2.00 bits per heavy atom. The predicted octanol–water partition coefficient (Wildman–Crippen LogP) is -0.273. The lowest BCUT2D eigenvalue weighted by molar-refractivity contribution is -0.170. The van der Waals surface area contributed by atoms with Crippen LogP contribution in [0.4, 0.5) is 0 Å². The minimum Gasteiger partial charge on any atom is -0.481 e. The molecule has 7 nitrogen and oxygen atoms in total. The smallest absolute Gasteiger partial charge is 0.323 e. The van der Waals surface area contributed by atoms with Crippen LogP contribution in [0.1, 0.15) is 32.6 Å². The van der Waals surface area contributed by atoms with Crippen molar-refractivity contribution in [3.8, 4) is 0 Å². The number of esters is 1. The van der Waals surface area contributed by atoms with Gasteiger partial charge in [-0.2, -0.15) is 0 Å². The van der Waals surface area contributed by atoms with E-state index < -0.39 is 41.8 Å². The molecule has 0 amide bonds. The summed E-state index contributed by atoms with van der Waals surface area (Å²) in [5, 5.41) is 8.71. The third-order valence-corrected chi connectivity index (χ3v) is 3.18. The molecule has 0 saturated heterocycles. The molecule has 112 valence electrons. The molecule has 1 unspecified atom stereocenters. The summed E-state index contributed by atoms with van der Waals surface area (Å²) in [4.78, 5) is 34.7. The summed E-state index contributed by atoms with van der Waals surface area (Å²) >= 11 is 0. The first kappa shape index (κ1) is 16.3. The molecule has 0 bridgehead atoms. The zero-order chi connectivity index (χ0) is 15.3. The van der Waals surface area contributed by atoms with E-state index in [1.165, 1.54) is 6.92 Å². The Morgan fingerprint density at radius 1 is 1.35 bits per heavy atom. The lowest BCUT2D eigenvalue weighted by Gasteiger charge is -2.35. The van der Waals surface area contributed by atoms with Crippen LogP contribution in [0.5, 0.6) is 0 Å². The van der Waals surface area contributed by atoms with E-state index >= 15 is 0 Å². The third-order valence-electron chi connectivity index (χ3n) is 3.18. The van der Waals surface area contributed by atoms with E-state index in [4.69, 9.17) is 21.3 Å². The summed E-state index contributed by atoms with van der Waals surface area (Å²) in [6.07, 6.45) is 4.13. The van der Waals surface area contributed by atoms with Gasteiger partial charge in [0.1, 0.15) is 6.04 Å². The van der Waals surface area contributed by atoms with Crippen molar-refractivity contribution in [2.75, 3.05) is 0 Å². The second kappa shape index (κ2) is 6.62. The molecular formula is C13H20N2O5. The van der Waals surface area contributed by atoms with Crippen molar-refractivity contribution in [1.29, 1.82) is 0 Å². The Hall–Kier alpha value is -1.73. The lowest BCUT2D eigenvalue weighted by Crippen LogP contribution is -2.53. The van der Waals surface area contributed by atoms with Crippen LogP contribution in [0.3, 0.4) is 0 Å². The molecule has 3 atom stereocenters. The van der Waals surface area contributed by atoms with Crippen LogP contribution in [-0.2, 0) is 19.1 Å². The van der Waals surface area contributed by atoms with E-state index in [1.54, 1.807) is 6.08 Å². The van der Waals surface area contributed by atoms with E-state index in [9.17, 15) is 14.4 Å². The molecule has 1 rings (SSSR count). The monoisotopic (exact) mass is 284 g/mol. The maximum Gasteiger partial charge on any atom is 0.323 e. The number of Topliss-reactive ketones (excluding diaryl/α,β-unsaturated/α-hetero) is 1. The van der Waals surface area contributed by atoms with Gasteiger partial charge in [0.2, 0.25) is 0 Å². The van der Waals surface area contributed by atoms with Crippen molar-refractivity contribution < 1.29 is 24.2 Å². The SMILES string of the molecule is C[C@H](N)C(=O)OC1(C(=O)[C@@H](N)CC(=O)O)CC=CCC1. The first-order chi connectivity index (χ1) is 9.28. The van der Waals surface area contributed by atoms with Gasteiger partial charge in [-0.1, -0.05) is 12.2 Å². The van der Waals surface area contributed by atoms with Gasteiger partial charge < -0.3 is 21.3 Å². The van der Waals surface area contributed by atoms with Crippen molar-refractivity contribution >= 4 is 17.7 Å². The normalized spacial score (nSPS) is 24.8. The van der Waals surface area contributed by atoms with E-state index in [0.717, 1.165) is 0 Å². The molecule has 0 aliphatic heterocycles. The lowest BCUT2D eigenvalue weighted by atomic mass is 9.81. The fourth-order valence-electron chi connectivity index (χ4n) is 2.08. The molecule has 0 radical (unpaired) electrons. The van der Waals surface area contributed by atoms with Crippen LogP contribution in [-0.4, -0.2) is 40.5 Å². The number of ether oxygens (including phenoxy) is 1. The number of aliphatic carboxylic acids is 1. The summed E-state index contributed by atoms with van der Waals surface area (Å²) in [6.45, 7) is 1.45. The quantitative estimate of drug-likeness (QED) is 0.451. The van der Waals surface area contributed by atoms with Crippen molar-refractivity contribution in [3.05, 3.63) is 12.2 Å². The van der Waals surface area contributed by atoms with Gasteiger partial charge in [-0.05, 0) is 19.8 Å². The molecule has 0 saturated carbocycles. The van der Waals surface area contributed by atoms with E-state index in [1.807, 2.05) is 6.08 Å². The molecule has 0 aromatic rings. The largest absolute Gasteiger partial charge is 0.481 e. The highest BCUT2D eigenvalue weighted by atomic mass is 16.6. The van der Waals surface area contributed by atoms with Crippen LogP contribution < -0.4 is 11.5 Å². The number of carboxylic acids is 1. The Balaban J connectivity index is 2.93. The fourth-order valence-corrected chi connectivity index (χ4v) is 2.08. The predicted molar refractivity (Wildman–Crippen MR) is 70.7 cm³/mol. The van der Waals surface area contributed by atoms with Gasteiger partial charge >= 0.3 is 11.9 Å². The number of ketones is 1. The van der Waals surface area contributed by atoms with E-state index in [2.05, 4.69) is 0 Å². The maximum atomic E-state index is 12.4. The van der Waals surface area contributed by atoms with Crippen molar-refractivity contribution in [3.63, 3.8) is 0 Å². The summed E-state index contributed by atoms with van der Waals surface area (Å²) in [5.74, 6) is -2.44. The molecule has 0 spiro atoms. The first-order valence-corrected chi connectivity index (χ1v) is 6.43. The van der Waals surface area contributed by atoms with Crippen LogP contribution >= 0.6 is 0 Å². The van der Waals surface area contributed by atoms with Crippen molar-refractivity contribution in [1.82, 2.24) is 0 Å². The highest BCUT2D eigenvalue weighted by Crippen LogP contribution is 2.30. The van der Waals surface area contributed by atoms with E-state index in [-0.39, 0.29) is 12.8 Å². The Morgan fingerprint density at radius 3 is 2.45 bits per heavy atom. The number of carbonyl (C=O) groups excluding carboxylic acids is 2. The summed E-state index contributed by atoms with van der Waals surface area (Å²) < 4.78 is 5.27. The minimum atomic E-state index is -1.39. The molecule has 0 aromatic heterocycles. The minimum absolute atomic E-state index is 0.192. The summed E-state index contributed by atoms with van der Waals surface area (Å²) in [6, 6.07) is -2.07. The third kappa shape index (κ3) is 3.88. The van der Waals surface area contributed by atoms with Gasteiger partial charge in [-0.3, -0.25) is 14.4 Å². The zero-order valence-corrected chi connectivity index (χ0v) is 11.4. The average molecular weight is 284 g/mol. The highest BCUT2D eigenvalue weighted by Gasteiger charge is 2.45. The van der Waals surface area contributed by atoms with Crippen molar-refractivity contribution in [2.24, 2.45) is 11.5 Å². The first-order valence-electron chi connectivity index (χ1n) is 6.43. The number of allylic oxidation sites excluding steroid dienone is 1. The van der Waals surface area contributed by atoms with Gasteiger partial charge in [0.05, 0.1) is 12.5 Å². The summed E-state index contributed by atoms with van der Waals surface area (Å²) in [5.41, 5.74) is 9.65. The zero-order valence-electron chi connectivity index (χ0n) is 11.4. The molecule has 0 aromatic carbocycles. The second-order valence-corrected chi connectivity index (χ2v) is 4.99. The van der Waals surface area contributed by atoms with Crippen LogP contribution in [0.25, 0.3) is 0 Å². The van der Waals surface area contributed by atoms with Gasteiger partial charge in [-0.25, -0.2) is 0 Å². The fraction of sp³-hybridized carbons (Fsp3) is 0.615. The second-order valence-electron chi connectivity index (χ2n) is 4.99. The van der Waals surface area contributed by atoms with Crippen LogP contribution in [0.15, 0.2) is 12.2 Å². The summed E-state index contributed by atoms with van der Waals surface area (Å²) in [7, 11) is 0. The van der Waals surface area contributed by atoms with Gasteiger partial charge in [0.15, 0.2) is 11.4 Å². The molecule has 7 heteroatoms. The number of hydrogen-bond acceptors (Lipinski definition) is 6. The van der Waals surface area contributed by atoms with Gasteiger partial charge in [-0.15, -0.1) is 0 Å². The molecule has 1 aliphatic carbocycles. The molecule has 5 N–H and O–H groups in total. The molecule has 1 aliphatic rings. The van der Waals surface area contributed by atoms with Crippen LogP contribution in [0, 0.1) is 0 Å². The number of rotatable bonds is 6. The number of carboxylic acid groups (broad SMARTS) is 1. The average Bonchev–Trinajstić information content (AvgIpc) is 2.37. The molecule has 0 fully saturated rings. The number of carbonyl (C=O) groups is 3. The van der Waals surface area contributed by atoms with Gasteiger partial charge in [0, 0.05) is 6.42 Å². The molecular weight excluding hydrogens is 264 g/mol. The Bertz CT molecular complexity index is 432.